The fourth-order valence-corrected chi connectivity index (χ4v) is 20.5. The van der Waals surface area contributed by atoms with Crippen molar-refractivity contribution in [3.8, 4) is 18.0 Å². The minimum atomic E-state index is -4.50. The first-order valence-electron chi connectivity index (χ1n) is 45.6. The maximum absolute atomic E-state index is 14.2. The number of alkyl halides is 3. The molecule has 0 saturated carbocycles. The number of ether oxygens (including phenoxy) is 3. The van der Waals surface area contributed by atoms with Gasteiger partial charge in [-0.25, -0.2) is 24.1 Å². The minimum Gasteiger partial charge on any atom is -0.462 e. The Morgan fingerprint density at radius 2 is 0.832 bits per heavy atom. The molecule has 4 aromatic carbocycles. The van der Waals surface area contributed by atoms with Crippen molar-refractivity contribution >= 4 is 166 Å². The Morgan fingerprint density at radius 1 is 0.467 bits per heavy atom. The number of fused-ring (bicyclic) bond motifs is 6. The molecule has 0 bridgehead atoms. The predicted molar refractivity (Wildman–Crippen MR) is 559 cm³/mol. The summed E-state index contributed by atoms with van der Waals surface area (Å²) in [6.07, 6.45) is 13.3. The molecular weight excluding hydrogens is 1870 g/mol. The van der Waals surface area contributed by atoms with Gasteiger partial charge in [-0.2, -0.15) is 134 Å². The van der Waals surface area contributed by atoms with Crippen LogP contribution in [0.5, 0.6) is 18.0 Å². The molecule has 31 nitrogen and oxygen atoms in total. The zero-order chi connectivity index (χ0) is 91.7. The Hall–Kier alpha value is -10.7. The highest BCUT2D eigenvalue weighted by Gasteiger charge is 2.42. The number of rotatable bonds is 21. The van der Waals surface area contributed by atoms with Gasteiger partial charge in [0.2, 0.25) is 31.4 Å². The molecular formula is C96H127F4N25O6S6. The first-order valence-corrected chi connectivity index (χ1v) is 45.6. The van der Waals surface area contributed by atoms with E-state index in [4.69, 9.17) is 63.8 Å². The quantitative estimate of drug-likeness (QED) is 0.0384. The number of aromatic amines is 2. The second kappa shape index (κ2) is 48.8. The van der Waals surface area contributed by atoms with Crippen molar-refractivity contribution < 1.29 is 46.2 Å². The van der Waals surface area contributed by atoms with Gasteiger partial charge in [-0.3, -0.25) is 24.6 Å². The lowest BCUT2D eigenvalue weighted by Crippen LogP contribution is -2.56. The highest BCUT2D eigenvalue weighted by atomic mass is 32.1. The van der Waals surface area contributed by atoms with Crippen molar-refractivity contribution in [3.05, 3.63) is 195 Å². The number of aryl methyl sites for hydroxylation is 2. The van der Waals surface area contributed by atoms with E-state index in [1.165, 1.54) is 46.4 Å². The van der Waals surface area contributed by atoms with Gasteiger partial charge in [-0.15, -0.1) is 0 Å². The van der Waals surface area contributed by atoms with Crippen molar-refractivity contribution in [2.75, 3.05) is 188 Å². The second-order valence-electron chi connectivity index (χ2n) is 35.6. The average molecular weight is 2000 g/mol. The number of nitrogens with one attached hydrogen (secondary N) is 2. The number of piperazine rings is 3. The lowest BCUT2D eigenvalue weighted by molar-refractivity contribution is -0.136. The maximum atomic E-state index is 14.2. The number of aromatic nitrogens is 10. The number of carbonyl (C=O) groups is 3. The molecule has 9 aromatic rings. The lowest BCUT2D eigenvalue weighted by Gasteiger charge is -2.40. The zero-order valence-electron chi connectivity index (χ0n) is 78.4. The summed E-state index contributed by atoms with van der Waals surface area (Å²) in [4.78, 5) is 103. The van der Waals surface area contributed by atoms with Crippen LogP contribution in [0.25, 0.3) is 47.1 Å². The van der Waals surface area contributed by atoms with Gasteiger partial charge in [-0.05, 0) is 185 Å². The summed E-state index contributed by atoms with van der Waals surface area (Å²) >= 11 is 0. The van der Waals surface area contributed by atoms with E-state index in [-0.39, 0.29) is 155 Å². The lowest BCUT2D eigenvalue weighted by atomic mass is 10.0. The van der Waals surface area contributed by atoms with Gasteiger partial charge >= 0.3 is 24.2 Å². The van der Waals surface area contributed by atoms with Crippen LogP contribution in [0.3, 0.4) is 0 Å². The largest absolute Gasteiger partial charge is 0.462 e. The third-order valence-electron chi connectivity index (χ3n) is 27.4. The zero-order valence-corrected chi connectivity index (χ0v) is 84.4. The molecule has 9 aliphatic heterocycles. The molecule has 2 N–H and O–H groups in total. The first-order chi connectivity index (χ1) is 63.5. The fourth-order valence-electron chi connectivity index (χ4n) is 20.5. The number of hydrogen-bond donors (Lipinski definition) is 2. The van der Waals surface area contributed by atoms with E-state index in [1.54, 1.807) is 34.1 Å². The molecule has 0 radical (unpaired) electrons. The number of nitrogens with zero attached hydrogens (tertiary/aromatic N) is 23. The summed E-state index contributed by atoms with van der Waals surface area (Å²) in [5.74, 6) is 0.263. The second-order valence-corrected chi connectivity index (χ2v) is 35.6. The number of anilines is 6. The molecule has 5 aromatic heterocycles. The van der Waals surface area contributed by atoms with Crippen LogP contribution in [-0.2, 0) is 59.5 Å². The van der Waals surface area contributed by atoms with Crippen LogP contribution in [0.4, 0.5) is 52.1 Å². The topological polar surface area (TPSA) is 266 Å². The number of likely N-dealkylation sites (tertiary alicyclic amines) is 3. The molecule has 3 amide bonds. The molecule has 9 aliphatic rings. The maximum Gasteiger partial charge on any atom is 0.417 e. The van der Waals surface area contributed by atoms with Crippen LogP contribution < -0.4 is 43.6 Å². The van der Waals surface area contributed by atoms with Crippen molar-refractivity contribution in [3.63, 3.8) is 0 Å². The van der Waals surface area contributed by atoms with E-state index in [9.17, 15) is 31.9 Å². The van der Waals surface area contributed by atoms with Gasteiger partial charge in [0.05, 0.1) is 77.1 Å². The monoisotopic (exact) mass is 1990 g/mol. The van der Waals surface area contributed by atoms with E-state index in [0.717, 1.165) is 164 Å². The first kappa shape index (κ1) is 108. The normalized spacial score (nSPS) is 20.1. The molecule has 6 fully saturated rings. The highest BCUT2D eigenvalue weighted by Crippen LogP contribution is 2.44. The molecule has 6 atom stereocenters. The summed E-state index contributed by atoms with van der Waals surface area (Å²) in [7, 11) is 6.33. The van der Waals surface area contributed by atoms with E-state index >= 15 is 0 Å². The van der Waals surface area contributed by atoms with E-state index in [0.29, 0.717) is 151 Å². The fraction of sp³-hybridized carbons (Fsp3) is 0.500. The summed E-state index contributed by atoms with van der Waals surface area (Å²) in [5, 5.41) is 17.7. The van der Waals surface area contributed by atoms with Crippen molar-refractivity contribution in [2.45, 2.75) is 153 Å². The van der Waals surface area contributed by atoms with E-state index < -0.39 is 29.5 Å². The molecule has 736 valence electrons. The van der Waals surface area contributed by atoms with Crippen LogP contribution in [-0.4, -0.2) is 292 Å². The molecule has 18 rings (SSSR count). The Morgan fingerprint density at radius 3 is 1.19 bits per heavy atom. The Bertz CT molecular complexity index is 5880. The van der Waals surface area contributed by atoms with Gasteiger partial charge in [-0.1, -0.05) is 56.1 Å². The summed E-state index contributed by atoms with van der Waals surface area (Å²) in [6, 6.07) is 18.8. The number of hydrogen-bond acceptors (Lipinski definition) is 23. The number of H-pyrrole nitrogens is 2. The number of amides is 3. The third-order valence-corrected chi connectivity index (χ3v) is 27.4. The predicted octanol–water partition coefficient (Wildman–Crippen LogP) is 12.6. The van der Waals surface area contributed by atoms with Gasteiger partial charge in [0.1, 0.15) is 55.4 Å². The molecule has 6 saturated heterocycles. The van der Waals surface area contributed by atoms with Crippen molar-refractivity contribution in [1.82, 2.24) is 79.7 Å². The summed E-state index contributed by atoms with van der Waals surface area (Å²) in [6.45, 7) is 50.2. The van der Waals surface area contributed by atoms with Gasteiger partial charge in [0, 0.05) is 135 Å². The number of carbonyl (C=O) groups excluding carboxylic acids is 3. The summed E-state index contributed by atoms with van der Waals surface area (Å²) < 4.78 is 75.3. The molecule has 0 aliphatic carbocycles. The van der Waals surface area contributed by atoms with Gasteiger partial charge < -0.3 is 87.5 Å². The molecule has 0 spiro atoms. The Kier molecular flexibility index (Phi) is 38.6. The average Bonchev–Trinajstić information content (AvgIpc) is 1.74. The Labute approximate surface area is 840 Å². The van der Waals surface area contributed by atoms with Gasteiger partial charge in [0.15, 0.2) is 5.83 Å². The smallest absolute Gasteiger partial charge is 0.417 e. The van der Waals surface area contributed by atoms with Crippen molar-refractivity contribution in [2.24, 2.45) is 0 Å². The van der Waals surface area contributed by atoms with Crippen LogP contribution >= 0.6 is 81.0 Å². The van der Waals surface area contributed by atoms with Crippen LogP contribution in [0, 0.1) is 33.6 Å². The Balaban J connectivity index is 0.000000208. The number of benzene rings is 4. The molecule has 41 heteroatoms. The third kappa shape index (κ3) is 24.3. The van der Waals surface area contributed by atoms with Crippen LogP contribution in [0.1, 0.15) is 108 Å². The molecule has 14 heterocycles. The van der Waals surface area contributed by atoms with Gasteiger partial charge in [0.25, 0.3) is 5.91 Å². The highest BCUT2D eigenvalue weighted by molar-refractivity contribution is 7.60. The summed E-state index contributed by atoms with van der Waals surface area (Å²) in [5.41, 5.74) is 12.3. The number of halogens is 4. The van der Waals surface area contributed by atoms with Crippen LogP contribution in [0.15, 0.2) is 111 Å². The van der Waals surface area contributed by atoms with E-state index in [1.807, 2.05) is 17.3 Å². The van der Waals surface area contributed by atoms with Crippen molar-refractivity contribution in [1.29, 1.82) is 0 Å². The molecule has 0 unspecified atom stereocenters. The standard InChI is InChI=1S/C34H38F3N7O2.C31H38FN9O2.C31H39N9O2.6H2S/c1-4-30(45)44-18-17-43(20-25(44)19-38-2)32-26-12-8-16-42(21-28(26)39-33(40-32)46-22-24-11-7-15-41(24)3)29-14-6-10-23-9-5-13-27(31(23)29)34(35,36)37;1-20-9-10-26-25(16-34-37-26)28(20)39-12-6-8-24-27(18-39)35-31(43-19-22-7-5-11-38(22)4)36-29(24)40-13-14-41(30(42)21(2)32)23(17-40)15-33-3;1-5-28(41)40-15-14-39(18-23(40)16-32-3)30-24-9-7-13-38(29-21(2)10-11-26-25(29)17-33-36-26)19-27(24)34-31(35-30)42-20-22-8-6-12-37(22)4;;;;;;/h4-6,9-10,13-14,24-25H,1,7-8,11-12,15-22H2,3H3;9-10,16,22-23H,2,5-8,11-15,17-19H2,1,4H3,(H,34,37);5,10-11,17,22-23H,1,6-9,12-16,18-20H2,2,4H3,(H,33,36);6*1H2/t24-,25-;2*22-,23-;;;;;;/m000....../s1. The van der Waals surface area contributed by atoms with Crippen LogP contribution in [0.2, 0.25) is 0 Å². The molecule has 137 heavy (non-hydrogen) atoms. The number of likely N-dealkylation sites (N-methyl/N-ethyl adjacent to an activating group) is 3. The SMILES string of the molecule is S.S.S.S.S.S.[C-]#[N+]C[C@H]1CN(c2nc(OC[C@@H]3CCCN3C)nc3c2CCCN(c2c(C)ccc4[nH]ncc24)C3)CCN1C(=O)C(=C)F.[C-]#[N+]C[C@H]1CN(c2nc(OC[C@@H]3CCCN3C)nc3c2CCCN(c2c(C)ccc4[nH]ncc24)C3)CCN1C(=O)C=C.[C-]#[N+]C[C@H]1CN(c2nc(OC[C@@H]3CCCN3C)nc3c2CCCN(c2cccc4cccc(C(F)(F)F)c24)C3)CCN1C(=O)C=C. The van der Waals surface area contributed by atoms with E-state index in [2.05, 4.69) is 153 Å². The minimum absolute atomic E-state index is 0.